The first-order valence-electron chi connectivity index (χ1n) is 4.31. The van der Waals surface area contributed by atoms with Gasteiger partial charge in [0.1, 0.15) is 11.6 Å². The normalized spacial score (nSPS) is 10.7. The second kappa shape index (κ2) is 5.09. The van der Waals surface area contributed by atoms with E-state index in [0.29, 0.717) is 0 Å². The van der Waals surface area contributed by atoms with Crippen LogP contribution in [0.1, 0.15) is 5.56 Å². The molecule has 0 aromatic heterocycles. The summed E-state index contributed by atoms with van der Waals surface area (Å²) >= 11 is 5.68. The molecule has 86 valence electrons. The Hall–Kier alpha value is -2.39. The summed E-state index contributed by atoms with van der Waals surface area (Å²) in [5.74, 6) is -0.957. The lowest BCUT2D eigenvalue weighted by Crippen LogP contribution is -2.12. The molecule has 0 saturated carbocycles. The molecule has 1 amide bonds. The van der Waals surface area contributed by atoms with Gasteiger partial charge in [-0.1, -0.05) is 11.6 Å². The average Bonchev–Trinajstić information content (AvgIpc) is 2.25. The van der Waals surface area contributed by atoms with E-state index in [-0.39, 0.29) is 21.8 Å². The minimum absolute atomic E-state index is 0.0536. The van der Waals surface area contributed by atoms with Crippen LogP contribution in [0, 0.1) is 21.4 Å². The second-order valence-corrected chi connectivity index (χ2v) is 3.43. The Morgan fingerprint density at radius 3 is 2.71 bits per heavy atom. The number of carbonyl (C=O) groups excluding carboxylic acids is 1. The monoisotopic (exact) mass is 251 g/mol. The van der Waals surface area contributed by atoms with Crippen molar-refractivity contribution >= 4 is 29.3 Å². The minimum Gasteiger partial charge on any atom is -0.365 e. The highest BCUT2D eigenvalue weighted by Crippen LogP contribution is 2.24. The highest BCUT2D eigenvalue weighted by molar-refractivity contribution is 6.30. The number of benzene rings is 1. The Bertz CT molecular complexity index is 560. The van der Waals surface area contributed by atoms with Crippen LogP contribution in [0.3, 0.4) is 0 Å². The number of rotatable bonds is 3. The van der Waals surface area contributed by atoms with Crippen LogP contribution < -0.4 is 5.73 Å². The molecule has 1 aromatic rings. The fourth-order valence-corrected chi connectivity index (χ4v) is 1.30. The van der Waals surface area contributed by atoms with Crippen molar-refractivity contribution < 1.29 is 9.72 Å². The molecule has 17 heavy (non-hydrogen) atoms. The Morgan fingerprint density at radius 2 is 2.24 bits per heavy atom. The SMILES string of the molecule is N#C/C(=C\c1cc(Cl)ccc1[N+](=O)[O-])C(N)=O. The van der Waals surface area contributed by atoms with Crippen molar-refractivity contribution in [1.29, 1.82) is 5.26 Å². The van der Waals surface area contributed by atoms with Gasteiger partial charge in [-0.15, -0.1) is 0 Å². The fraction of sp³-hybridized carbons (Fsp3) is 0. The number of halogens is 1. The molecule has 0 bridgehead atoms. The van der Waals surface area contributed by atoms with E-state index in [1.807, 2.05) is 0 Å². The van der Waals surface area contributed by atoms with Crippen LogP contribution in [0.5, 0.6) is 0 Å². The lowest BCUT2D eigenvalue weighted by molar-refractivity contribution is -0.385. The number of carbonyl (C=O) groups is 1. The van der Waals surface area contributed by atoms with Gasteiger partial charge in [-0.05, 0) is 18.2 Å². The molecule has 0 aliphatic heterocycles. The van der Waals surface area contributed by atoms with E-state index in [2.05, 4.69) is 0 Å². The predicted octanol–water partition coefficient (Wildman–Crippen LogP) is 1.64. The van der Waals surface area contributed by atoms with Crippen LogP contribution in [0.15, 0.2) is 23.8 Å². The smallest absolute Gasteiger partial charge is 0.276 e. The van der Waals surface area contributed by atoms with Crippen LogP contribution in [0.25, 0.3) is 6.08 Å². The molecule has 0 heterocycles. The Morgan fingerprint density at radius 1 is 1.59 bits per heavy atom. The van der Waals surface area contributed by atoms with Gasteiger partial charge in [0.15, 0.2) is 0 Å². The first-order chi connectivity index (χ1) is 7.95. The van der Waals surface area contributed by atoms with Gasteiger partial charge >= 0.3 is 0 Å². The molecule has 0 aliphatic rings. The summed E-state index contributed by atoms with van der Waals surface area (Å²) in [5, 5.41) is 19.6. The number of hydrogen-bond donors (Lipinski definition) is 1. The van der Waals surface area contributed by atoms with E-state index in [1.54, 1.807) is 6.07 Å². The fourth-order valence-electron chi connectivity index (χ4n) is 1.12. The summed E-state index contributed by atoms with van der Waals surface area (Å²) in [6.45, 7) is 0. The van der Waals surface area contributed by atoms with Gasteiger partial charge in [0, 0.05) is 11.1 Å². The van der Waals surface area contributed by atoms with Crippen molar-refractivity contribution in [2.75, 3.05) is 0 Å². The summed E-state index contributed by atoms with van der Waals surface area (Å²) in [7, 11) is 0. The van der Waals surface area contributed by atoms with Crippen LogP contribution in [0.4, 0.5) is 5.69 Å². The third-order valence-electron chi connectivity index (χ3n) is 1.87. The lowest BCUT2D eigenvalue weighted by Gasteiger charge is -1.99. The first-order valence-corrected chi connectivity index (χ1v) is 4.69. The zero-order chi connectivity index (χ0) is 13.0. The molecular formula is C10H6ClN3O3. The van der Waals surface area contributed by atoms with Gasteiger partial charge in [0.05, 0.1) is 10.5 Å². The molecule has 2 N–H and O–H groups in total. The van der Waals surface area contributed by atoms with Crippen molar-refractivity contribution in [1.82, 2.24) is 0 Å². The minimum atomic E-state index is -0.957. The lowest BCUT2D eigenvalue weighted by atomic mass is 10.1. The predicted molar refractivity (Wildman–Crippen MR) is 60.9 cm³/mol. The van der Waals surface area contributed by atoms with Gasteiger partial charge in [-0.25, -0.2) is 0 Å². The molecule has 6 nitrogen and oxygen atoms in total. The largest absolute Gasteiger partial charge is 0.365 e. The second-order valence-electron chi connectivity index (χ2n) is 2.99. The van der Waals surface area contributed by atoms with Crippen LogP contribution in [0.2, 0.25) is 5.02 Å². The maximum Gasteiger partial charge on any atom is 0.276 e. The number of primary amides is 1. The van der Waals surface area contributed by atoms with Crippen molar-refractivity contribution in [2.24, 2.45) is 5.73 Å². The summed E-state index contributed by atoms with van der Waals surface area (Å²) in [4.78, 5) is 20.9. The molecule has 1 rings (SSSR count). The van der Waals surface area contributed by atoms with E-state index in [4.69, 9.17) is 22.6 Å². The quantitative estimate of drug-likeness (QED) is 0.381. The van der Waals surface area contributed by atoms with Crippen molar-refractivity contribution in [3.05, 3.63) is 44.5 Å². The third-order valence-corrected chi connectivity index (χ3v) is 2.11. The van der Waals surface area contributed by atoms with E-state index < -0.39 is 10.8 Å². The summed E-state index contributed by atoms with van der Waals surface area (Å²) in [6, 6.07) is 5.36. The van der Waals surface area contributed by atoms with E-state index in [0.717, 1.165) is 6.08 Å². The maximum absolute atomic E-state index is 10.8. The number of amides is 1. The van der Waals surface area contributed by atoms with Gasteiger partial charge in [-0.2, -0.15) is 5.26 Å². The Labute approximate surface area is 101 Å². The average molecular weight is 252 g/mol. The molecule has 1 aromatic carbocycles. The van der Waals surface area contributed by atoms with E-state index in [1.165, 1.54) is 18.2 Å². The molecule has 0 fully saturated rings. The van der Waals surface area contributed by atoms with Gasteiger partial charge in [0.25, 0.3) is 11.6 Å². The Kier molecular flexibility index (Phi) is 3.80. The highest BCUT2D eigenvalue weighted by atomic mass is 35.5. The van der Waals surface area contributed by atoms with E-state index >= 15 is 0 Å². The van der Waals surface area contributed by atoms with Crippen molar-refractivity contribution in [3.8, 4) is 6.07 Å². The molecule has 7 heteroatoms. The standard InChI is InChI=1S/C10H6ClN3O3/c11-8-1-2-9(14(16)17)6(4-8)3-7(5-12)10(13)15/h1-4H,(H2,13,15)/b7-3+. The third kappa shape index (κ3) is 3.03. The van der Waals surface area contributed by atoms with Crippen LogP contribution in [-0.4, -0.2) is 10.8 Å². The molecule has 0 radical (unpaired) electrons. The number of nitro benzene ring substituents is 1. The molecule has 0 atom stereocenters. The summed E-state index contributed by atoms with van der Waals surface area (Å²) in [6.07, 6.45) is 1.03. The van der Waals surface area contributed by atoms with Crippen molar-refractivity contribution in [2.45, 2.75) is 0 Å². The van der Waals surface area contributed by atoms with Crippen LogP contribution in [-0.2, 0) is 4.79 Å². The van der Waals surface area contributed by atoms with Crippen molar-refractivity contribution in [3.63, 3.8) is 0 Å². The summed E-state index contributed by atoms with van der Waals surface area (Å²) in [5.41, 5.74) is 4.34. The van der Waals surface area contributed by atoms with Crippen LogP contribution >= 0.6 is 11.6 Å². The number of nitrogens with two attached hydrogens (primary N) is 1. The maximum atomic E-state index is 10.8. The van der Waals surface area contributed by atoms with Gasteiger partial charge < -0.3 is 5.73 Å². The molecule has 0 spiro atoms. The molecule has 0 unspecified atom stereocenters. The first kappa shape index (κ1) is 12.7. The zero-order valence-corrected chi connectivity index (χ0v) is 9.14. The van der Waals surface area contributed by atoms with E-state index in [9.17, 15) is 14.9 Å². The molecular weight excluding hydrogens is 246 g/mol. The van der Waals surface area contributed by atoms with Gasteiger partial charge in [0.2, 0.25) is 0 Å². The Balaban J connectivity index is 3.40. The number of hydrogen-bond acceptors (Lipinski definition) is 4. The summed E-state index contributed by atoms with van der Waals surface area (Å²) < 4.78 is 0. The highest BCUT2D eigenvalue weighted by Gasteiger charge is 2.14. The molecule has 0 aliphatic carbocycles. The number of nitriles is 1. The topological polar surface area (TPSA) is 110 Å². The zero-order valence-electron chi connectivity index (χ0n) is 8.38. The molecule has 0 saturated heterocycles. The van der Waals surface area contributed by atoms with Gasteiger partial charge in [-0.3, -0.25) is 14.9 Å². The number of nitro groups is 1. The number of nitrogens with zero attached hydrogens (tertiary/aromatic N) is 2.